The molecule has 0 spiro atoms. The Morgan fingerprint density at radius 3 is 2.31 bits per heavy atom. The molecule has 1 unspecified atom stereocenters. The van der Waals surface area contributed by atoms with E-state index in [-0.39, 0.29) is 24.9 Å². The van der Waals surface area contributed by atoms with Gasteiger partial charge in [0.15, 0.2) is 0 Å². The number of amides is 1. The molecule has 1 aliphatic rings. The molecule has 0 aromatic heterocycles. The van der Waals surface area contributed by atoms with Crippen LogP contribution in [0.3, 0.4) is 0 Å². The third kappa shape index (κ3) is 2.19. The average molecular weight is 187 g/mol. The van der Waals surface area contributed by atoms with E-state index in [0.717, 1.165) is 6.42 Å². The van der Waals surface area contributed by atoms with Crippen LogP contribution < -0.4 is 0 Å². The van der Waals surface area contributed by atoms with Gasteiger partial charge >= 0.3 is 0 Å². The van der Waals surface area contributed by atoms with E-state index in [4.69, 9.17) is 0 Å². The second-order valence-electron chi connectivity index (χ2n) is 3.69. The number of aliphatic hydroxyl groups is 2. The SMILES string of the molecule is CCC(C)C(=O)N1C[C@@H](O)[C@@H](O)C1. The summed E-state index contributed by atoms with van der Waals surface area (Å²) in [6.45, 7) is 4.35. The number of carbonyl (C=O) groups excluding carboxylic acids is 1. The Morgan fingerprint density at radius 1 is 1.46 bits per heavy atom. The zero-order valence-electron chi connectivity index (χ0n) is 8.10. The monoisotopic (exact) mass is 187 g/mol. The van der Waals surface area contributed by atoms with Crippen LogP contribution in [-0.2, 0) is 4.79 Å². The normalized spacial score (nSPS) is 30.6. The molecular formula is C9H17NO3. The number of rotatable bonds is 2. The van der Waals surface area contributed by atoms with Crippen molar-refractivity contribution in [3.63, 3.8) is 0 Å². The molecule has 0 aliphatic carbocycles. The summed E-state index contributed by atoms with van der Waals surface area (Å²) in [5.74, 6) is 0.00981. The average Bonchev–Trinajstić information content (AvgIpc) is 2.44. The van der Waals surface area contributed by atoms with Gasteiger partial charge in [-0.3, -0.25) is 4.79 Å². The molecule has 0 aromatic rings. The van der Waals surface area contributed by atoms with Gasteiger partial charge in [0, 0.05) is 19.0 Å². The summed E-state index contributed by atoms with van der Waals surface area (Å²) in [5, 5.41) is 18.5. The van der Waals surface area contributed by atoms with Crippen LogP contribution >= 0.6 is 0 Å². The van der Waals surface area contributed by atoms with E-state index in [0.29, 0.717) is 0 Å². The number of β-amino-alcohol motifs (C(OH)–C–C–N with tert-alkyl or cyclic N) is 2. The maximum Gasteiger partial charge on any atom is 0.225 e. The summed E-state index contributed by atoms with van der Waals surface area (Å²) in [6, 6.07) is 0. The molecule has 1 amide bonds. The van der Waals surface area contributed by atoms with Crippen LogP contribution in [0.15, 0.2) is 0 Å². The van der Waals surface area contributed by atoms with Gasteiger partial charge in [0.2, 0.25) is 5.91 Å². The predicted molar refractivity (Wildman–Crippen MR) is 48.0 cm³/mol. The summed E-state index contributed by atoms with van der Waals surface area (Å²) in [6.07, 6.45) is -0.748. The van der Waals surface area contributed by atoms with Gasteiger partial charge in [-0.1, -0.05) is 13.8 Å². The first-order valence-corrected chi connectivity index (χ1v) is 4.71. The lowest BCUT2D eigenvalue weighted by atomic mass is 10.1. The van der Waals surface area contributed by atoms with Crippen LogP contribution in [0.2, 0.25) is 0 Å². The van der Waals surface area contributed by atoms with Crippen molar-refractivity contribution in [2.45, 2.75) is 32.5 Å². The van der Waals surface area contributed by atoms with Gasteiger partial charge in [0.1, 0.15) is 0 Å². The molecule has 0 saturated carbocycles. The van der Waals surface area contributed by atoms with E-state index >= 15 is 0 Å². The minimum atomic E-state index is -0.770. The molecular weight excluding hydrogens is 170 g/mol. The van der Waals surface area contributed by atoms with Gasteiger partial charge in [0.05, 0.1) is 12.2 Å². The van der Waals surface area contributed by atoms with Gasteiger partial charge in [-0.15, -0.1) is 0 Å². The van der Waals surface area contributed by atoms with Crippen molar-refractivity contribution >= 4 is 5.91 Å². The Morgan fingerprint density at radius 2 is 1.92 bits per heavy atom. The van der Waals surface area contributed by atoms with Crippen LogP contribution in [0.4, 0.5) is 0 Å². The molecule has 1 fully saturated rings. The minimum Gasteiger partial charge on any atom is -0.388 e. The van der Waals surface area contributed by atoms with Crippen molar-refractivity contribution in [2.75, 3.05) is 13.1 Å². The molecule has 1 aliphatic heterocycles. The first-order valence-electron chi connectivity index (χ1n) is 4.71. The zero-order chi connectivity index (χ0) is 10.0. The molecule has 1 saturated heterocycles. The van der Waals surface area contributed by atoms with Crippen molar-refractivity contribution in [3.05, 3.63) is 0 Å². The zero-order valence-corrected chi connectivity index (χ0v) is 8.10. The molecule has 3 atom stereocenters. The molecule has 13 heavy (non-hydrogen) atoms. The summed E-state index contributed by atoms with van der Waals surface area (Å²) < 4.78 is 0. The molecule has 1 rings (SSSR count). The van der Waals surface area contributed by atoms with Crippen molar-refractivity contribution in [3.8, 4) is 0 Å². The molecule has 0 radical (unpaired) electrons. The van der Waals surface area contributed by atoms with E-state index in [1.165, 1.54) is 4.90 Å². The summed E-state index contributed by atoms with van der Waals surface area (Å²) in [5.41, 5.74) is 0. The summed E-state index contributed by atoms with van der Waals surface area (Å²) >= 11 is 0. The summed E-state index contributed by atoms with van der Waals surface area (Å²) in [7, 11) is 0. The number of nitrogens with zero attached hydrogens (tertiary/aromatic N) is 1. The van der Waals surface area contributed by atoms with E-state index in [1.54, 1.807) is 0 Å². The van der Waals surface area contributed by atoms with Crippen molar-refractivity contribution in [1.29, 1.82) is 0 Å². The van der Waals surface area contributed by atoms with Gasteiger partial charge in [0.25, 0.3) is 0 Å². The number of hydrogen-bond acceptors (Lipinski definition) is 3. The highest BCUT2D eigenvalue weighted by Crippen LogP contribution is 2.14. The molecule has 1 heterocycles. The summed E-state index contributed by atoms with van der Waals surface area (Å²) in [4.78, 5) is 13.1. The van der Waals surface area contributed by atoms with Crippen molar-refractivity contribution in [2.24, 2.45) is 5.92 Å². The lowest BCUT2D eigenvalue weighted by Crippen LogP contribution is -2.33. The fourth-order valence-corrected chi connectivity index (χ4v) is 1.44. The first-order chi connectivity index (χ1) is 6.06. The first kappa shape index (κ1) is 10.5. The largest absolute Gasteiger partial charge is 0.388 e. The maximum atomic E-state index is 11.6. The lowest BCUT2D eigenvalue weighted by Gasteiger charge is -2.19. The quantitative estimate of drug-likeness (QED) is 0.618. The number of hydrogen-bond donors (Lipinski definition) is 2. The van der Waals surface area contributed by atoms with Gasteiger partial charge < -0.3 is 15.1 Å². The molecule has 4 heteroatoms. The van der Waals surface area contributed by atoms with E-state index in [2.05, 4.69) is 0 Å². The van der Waals surface area contributed by atoms with E-state index in [9.17, 15) is 15.0 Å². The van der Waals surface area contributed by atoms with E-state index < -0.39 is 12.2 Å². The molecule has 0 bridgehead atoms. The standard InChI is InChI=1S/C9H17NO3/c1-3-6(2)9(13)10-4-7(11)8(12)5-10/h6-8,11-12H,3-5H2,1-2H3/t6?,7-,8+. The molecule has 0 aromatic carbocycles. The third-order valence-corrected chi connectivity index (χ3v) is 2.60. The molecule has 76 valence electrons. The maximum absolute atomic E-state index is 11.6. The molecule has 2 N–H and O–H groups in total. The number of likely N-dealkylation sites (tertiary alicyclic amines) is 1. The highest BCUT2D eigenvalue weighted by molar-refractivity contribution is 5.78. The third-order valence-electron chi connectivity index (χ3n) is 2.60. The van der Waals surface area contributed by atoms with Crippen molar-refractivity contribution < 1.29 is 15.0 Å². The van der Waals surface area contributed by atoms with Crippen LogP contribution in [0, 0.1) is 5.92 Å². The molecule has 4 nitrogen and oxygen atoms in total. The fraction of sp³-hybridized carbons (Fsp3) is 0.889. The lowest BCUT2D eigenvalue weighted by molar-refractivity contribution is -0.134. The van der Waals surface area contributed by atoms with Crippen LogP contribution in [-0.4, -0.2) is 46.3 Å². The minimum absolute atomic E-state index is 0.0162. The Bertz CT molecular complexity index is 185. The van der Waals surface area contributed by atoms with Crippen LogP contribution in [0.5, 0.6) is 0 Å². The second-order valence-corrected chi connectivity index (χ2v) is 3.69. The van der Waals surface area contributed by atoms with Gasteiger partial charge in [-0.05, 0) is 6.42 Å². The van der Waals surface area contributed by atoms with Crippen LogP contribution in [0.25, 0.3) is 0 Å². The number of carbonyl (C=O) groups is 1. The highest BCUT2D eigenvalue weighted by atomic mass is 16.3. The second kappa shape index (κ2) is 4.07. The Hall–Kier alpha value is -0.610. The van der Waals surface area contributed by atoms with Crippen LogP contribution in [0.1, 0.15) is 20.3 Å². The highest BCUT2D eigenvalue weighted by Gasteiger charge is 2.33. The Labute approximate surface area is 78.2 Å². The predicted octanol–water partition coefficient (Wildman–Crippen LogP) is -0.404. The topological polar surface area (TPSA) is 60.8 Å². The van der Waals surface area contributed by atoms with Gasteiger partial charge in [-0.25, -0.2) is 0 Å². The number of aliphatic hydroxyl groups excluding tert-OH is 2. The van der Waals surface area contributed by atoms with Gasteiger partial charge in [-0.2, -0.15) is 0 Å². The Kier molecular flexibility index (Phi) is 3.27. The fourth-order valence-electron chi connectivity index (χ4n) is 1.44. The van der Waals surface area contributed by atoms with Crippen molar-refractivity contribution in [1.82, 2.24) is 4.90 Å². The Balaban J connectivity index is 2.50. The van der Waals surface area contributed by atoms with E-state index in [1.807, 2.05) is 13.8 Å². The smallest absolute Gasteiger partial charge is 0.225 e.